The zero-order valence-electron chi connectivity index (χ0n) is 19.2. The Bertz CT molecular complexity index is 774. The maximum Gasteiger partial charge on any atom is 0.410 e. The maximum absolute atomic E-state index is 13.3. The summed E-state index contributed by atoms with van der Waals surface area (Å²) in [5.41, 5.74) is 1.76. The number of hydrogen-bond acceptors (Lipinski definition) is 9. The van der Waals surface area contributed by atoms with Crippen LogP contribution in [0.25, 0.3) is 0 Å². The first-order valence-electron chi connectivity index (χ1n) is 11.0. The molecular formula is C22H33N3O8. The molecule has 0 radical (unpaired) electrons. The van der Waals surface area contributed by atoms with Gasteiger partial charge in [0, 0.05) is 26.6 Å². The van der Waals surface area contributed by atoms with Gasteiger partial charge in [0.2, 0.25) is 12.2 Å². The molecule has 1 aromatic carbocycles. The molecule has 0 bridgehead atoms. The van der Waals surface area contributed by atoms with E-state index in [1.165, 1.54) is 12.6 Å². The van der Waals surface area contributed by atoms with Crippen molar-refractivity contribution in [3.63, 3.8) is 0 Å². The Balaban J connectivity index is 1.83. The van der Waals surface area contributed by atoms with Crippen LogP contribution >= 0.6 is 0 Å². The summed E-state index contributed by atoms with van der Waals surface area (Å²) < 4.78 is 15.0. The molecule has 11 nitrogen and oxygen atoms in total. The average molecular weight is 468 g/mol. The van der Waals surface area contributed by atoms with E-state index in [1.807, 2.05) is 44.2 Å². The molecule has 0 aromatic heterocycles. The summed E-state index contributed by atoms with van der Waals surface area (Å²) in [6.45, 7) is 6.50. The maximum atomic E-state index is 13.3. The Morgan fingerprint density at radius 1 is 1.15 bits per heavy atom. The van der Waals surface area contributed by atoms with E-state index in [2.05, 4.69) is 10.2 Å². The van der Waals surface area contributed by atoms with E-state index < -0.39 is 23.8 Å². The van der Waals surface area contributed by atoms with Gasteiger partial charge >= 0.3 is 12.1 Å². The van der Waals surface area contributed by atoms with Gasteiger partial charge in [0.25, 0.3) is 0 Å². The van der Waals surface area contributed by atoms with Crippen LogP contribution in [0.3, 0.4) is 0 Å². The predicted molar refractivity (Wildman–Crippen MR) is 116 cm³/mol. The summed E-state index contributed by atoms with van der Waals surface area (Å²) in [6, 6.07) is 9.59. The number of carbonyl (C=O) groups excluding carboxylic acids is 3. The highest BCUT2D eigenvalue weighted by Crippen LogP contribution is 2.55. The molecule has 0 saturated heterocycles. The Hall–Kier alpha value is -2.73. The number of benzene rings is 1. The van der Waals surface area contributed by atoms with E-state index in [4.69, 9.17) is 19.4 Å². The minimum absolute atomic E-state index is 0.0284. The van der Waals surface area contributed by atoms with Crippen LogP contribution in [-0.4, -0.2) is 73.8 Å². The van der Waals surface area contributed by atoms with Crippen molar-refractivity contribution in [2.45, 2.75) is 38.9 Å². The predicted octanol–water partition coefficient (Wildman–Crippen LogP) is 1.36. The van der Waals surface area contributed by atoms with Gasteiger partial charge in [-0.1, -0.05) is 36.0 Å². The lowest BCUT2D eigenvalue weighted by Gasteiger charge is -2.26. The second-order valence-corrected chi connectivity index (χ2v) is 7.55. The molecule has 1 aliphatic rings. The molecule has 184 valence electrons. The number of ether oxygens (including phenoxy) is 3. The summed E-state index contributed by atoms with van der Waals surface area (Å²) in [5.74, 6) is -0.730. The first-order valence-corrected chi connectivity index (χ1v) is 11.0. The Morgan fingerprint density at radius 3 is 2.48 bits per heavy atom. The SMILES string of the molecule is CCN(CC)C(=O)[C@]1(c2ccccc2)C[C@@H]1CNC(=O)OC(C)OC(=O)COCCONO. The second-order valence-electron chi connectivity index (χ2n) is 7.55. The molecule has 1 saturated carbocycles. The first kappa shape index (κ1) is 26.5. The largest absolute Gasteiger partial charge is 0.424 e. The highest BCUT2D eigenvalue weighted by atomic mass is 16.8. The van der Waals surface area contributed by atoms with Crippen LogP contribution in [0.15, 0.2) is 30.3 Å². The third kappa shape index (κ3) is 7.39. The monoisotopic (exact) mass is 467 g/mol. The van der Waals surface area contributed by atoms with Gasteiger partial charge in [-0.2, -0.15) is 0 Å². The molecule has 0 spiro atoms. The number of esters is 1. The molecular weight excluding hydrogens is 434 g/mol. The van der Waals surface area contributed by atoms with Gasteiger partial charge in [-0.05, 0) is 31.7 Å². The van der Waals surface area contributed by atoms with Gasteiger partial charge in [0.05, 0.1) is 18.6 Å². The van der Waals surface area contributed by atoms with Crippen LogP contribution in [0.2, 0.25) is 0 Å². The topological polar surface area (TPSA) is 136 Å². The van der Waals surface area contributed by atoms with Crippen LogP contribution in [-0.2, 0) is 34.1 Å². The van der Waals surface area contributed by atoms with Crippen LogP contribution in [0, 0.1) is 5.92 Å². The molecule has 1 fully saturated rings. The normalized spacial score (nSPS) is 19.9. The van der Waals surface area contributed by atoms with Crippen molar-refractivity contribution in [2.24, 2.45) is 5.92 Å². The molecule has 2 rings (SSSR count). The first-order chi connectivity index (χ1) is 15.9. The Labute approximate surface area is 193 Å². The van der Waals surface area contributed by atoms with Gasteiger partial charge in [-0.3, -0.25) is 14.8 Å². The fourth-order valence-corrected chi connectivity index (χ4v) is 3.79. The highest BCUT2D eigenvalue weighted by Gasteiger charge is 2.61. The lowest BCUT2D eigenvalue weighted by Crippen LogP contribution is -2.41. The molecule has 11 heteroatoms. The Morgan fingerprint density at radius 2 is 1.85 bits per heavy atom. The summed E-state index contributed by atoms with van der Waals surface area (Å²) in [5, 5.41) is 10.9. The van der Waals surface area contributed by atoms with Gasteiger partial charge in [0.15, 0.2) is 0 Å². The van der Waals surface area contributed by atoms with Gasteiger partial charge in [-0.15, -0.1) is 0 Å². The molecule has 1 aromatic rings. The number of hydrogen-bond donors (Lipinski definition) is 3. The zero-order chi connectivity index (χ0) is 24.3. The van der Waals surface area contributed by atoms with Crippen molar-refractivity contribution in [2.75, 3.05) is 39.5 Å². The zero-order valence-corrected chi connectivity index (χ0v) is 19.2. The third-order valence-electron chi connectivity index (χ3n) is 5.50. The van der Waals surface area contributed by atoms with Crippen molar-refractivity contribution in [3.8, 4) is 0 Å². The summed E-state index contributed by atoms with van der Waals surface area (Å²) in [4.78, 5) is 43.3. The molecule has 0 heterocycles. The van der Waals surface area contributed by atoms with Crippen molar-refractivity contribution in [1.82, 2.24) is 15.9 Å². The number of rotatable bonds is 14. The number of likely N-dealkylation sites (N-methyl/N-ethyl adjacent to an activating group) is 1. The summed E-state index contributed by atoms with van der Waals surface area (Å²) in [6.07, 6.45) is -1.24. The Kier molecular flexibility index (Phi) is 10.5. The molecule has 0 aliphatic heterocycles. The van der Waals surface area contributed by atoms with E-state index in [9.17, 15) is 14.4 Å². The number of nitrogens with zero attached hydrogens (tertiary/aromatic N) is 1. The number of nitrogens with one attached hydrogen (secondary N) is 2. The number of carbonyl (C=O) groups is 3. The van der Waals surface area contributed by atoms with Gasteiger partial charge in [-0.25, -0.2) is 9.59 Å². The number of amides is 2. The van der Waals surface area contributed by atoms with Crippen molar-refractivity contribution >= 4 is 18.0 Å². The molecule has 3 N–H and O–H groups in total. The fourth-order valence-electron chi connectivity index (χ4n) is 3.79. The van der Waals surface area contributed by atoms with E-state index in [0.29, 0.717) is 19.5 Å². The molecule has 33 heavy (non-hydrogen) atoms. The quantitative estimate of drug-likeness (QED) is 0.160. The summed E-state index contributed by atoms with van der Waals surface area (Å²) in [7, 11) is 0. The van der Waals surface area contributed by atoms with E-state index >= 15 is 0 Å². The van der Waals surface area contributed by atoms with E-state index in [-0.39, 0.29) is 38.2 Å². The average Bonchev–Trinajstić information content (AvgIpc) is 3.54. The van der Waals surface area contributed by atoms with Crippen LogP contribution in [0.5, 0.6) is 0 Å². The van der Waals surface area contributed by atoms with Gasteiger partial charge in [0.1, 0.15) is 6.61 Å². The molecule has 1 unspecified atom stereocenters. The van der Waals surface area contributed by atoms with Crippen molar-refractivity contribution in [1.29, 1.82) is 0 Å². The third-order valence-corrected chi connectivity index (χ3v) is 5.50. The van der Waals surface area contributed by atoms with E-state index in [1.54, 1.807) is 4.90 Å². The fraction of sp³-hybridized carbons (Fsp3) is 0.591. The van der Waals surface area contributed by atoms with Crippen molar-refractivity contribution < 1.29 is 38.6 Å². The van der Waals surface area contributed by atoms with Gasteiger partial charge < -0.3 is 24.4 Å². The molecule has 3 atom stereocenters. The lowest BCUT2D eigenvalue weighted by atomic mass is 9.91. The smallest absolute Gasteiger partial charge is 0.410 e. The standard InChI is InChI=1S/C22H33N3O8/c1-4-25(5-2)20(27)22(17-9-7-6-8-10-17)13-18(22)14-23-21(28)33-16(3)32-19(26)15-30-11-12-31-24-29/h6-10,16,18,24,29H,4-5,11-15H2,1-3H3,(H,23,28)/t16?,18-,22+/m1/s1. The van der Waals surface area contributed by atoms with Crippen molar-refractivity contribution in [3.05, 3.63) is 35.9 Å². The number of alkyl carbamates (subject to hydrolysis) is 1. The minimum atomic E-state index is -1.12. The van der Waals surface area contributed by atoms with Crippen LogP contribution in [0.4, 0.5) is 4.79 Å². The molecule has 2 amide bonds. The lowest BCUT2D eigenvalue weighted by molar-refractivity contribution is -0.172. The highest BCUT2D eigenvalue weighted by molar-refractivity contribution is 5.92. The summed E-state index contributed by atoms with van der Waals surface area (Å²) >= 11 is 0. The van der Waals surface area contributed by atoms with E-state index in [0.717, 1.165) is 5.56 Å². The second kappa shape index (κ2) is 13.1. The van der Waals surface area contributed by atoms with Crippen LogP contribution in [0.1, 0.15) is 32.8 Å². The molecule has 1 aliphatic carbocycles. The minimum Gasteiger partial charge on any atom is -0.424 e. The van der Waals surface area contributed by atoms with Crippen LogP contribution < -0.4 is 11.0 Å².